The second-order valence-corrected chi connectivity index (χ2v) is 6.69. The van der Waals surface area contributed by atoms with Crippen molar-refractivity contribution in [2.24, 2.45) is 0 Å². The van der Waals surface area contributed by atoms with Gasteiger partial charge >= 0.3 is 0 Å². The standard InChI is InChI=1S/C12H16IN3S/c1-3-6-16-10(4-5-15-16)12(14-2)9-7-11(13)17-8-9/h4-5,7-8,12,14H,3,6H2,1-2H3. The molecule has 92 valence electrons. The van der Waals surface area contributed by atoms with Gasteiger partial charge in [-0.1, -0.05) is 6.92 Å². The minimum absolute atomic E-state index is 0.240. The number of halogens is 1. The van der Waals surface area contributed by atoms with Crippen molar-refractivity contribution in [2.45, 2.75) is 25.9 Å². The van der Waals surface area contributed by atoms with Crippen LogP contribution in [0.2, 0.25) is 0 Å². The maximum absolute atomic E-state index is 4.39. The lowest BCUT2D eigenvalue weighted by atomic mass is 10.1. The van der Waals surface area contributed by atoms with Crippen LogP contribution in [0.5, 0.6) is 0 Å². The van der Waals surface area contributed by atoms with Crippen molar-refractivity contribution in [3.05, 3.63) is 37.9 Å². The number of nitrogens with zero attached hydrogens (tertiary/aromatic N) is 2. The maximum atomic E-state index is 4.39. The van der Waals surface area contributed by atoms with Crippen molar-refractivity contribution < 1.29 is 0 Å². The Bertz CT molecular complexity index is 478. The van der Waals surface area contributed by atoms with Gasteiger partial charge in [-0.25, -0.2) is 0 Å². The second-order valence-electron chi connectivity index (χ2n) is 3.89. The maximum Gasteiger partial charge on any atom is 0.0754 e. The van der Waals surface area contributed by atoms with E-state index in [1.165, 1.54) is 14.1 Å². The summed E-state index contributed by atoms with van der Waals surface area (Å²) in [6, 6.07) is 4.57. The van der Waals surface area contributed by atoms with Gasteiger partial charge in [0.2, 0.25) is 0 Å². The quantitative estimate of drug-likeness (QED) is 0.829. The Labute approximate surface area is 119 Å². The highest BCUT2D eigenvalue weighted by atomic mass is 127. The van der Waals surface area contributed by atoms with Gasteiger partial charge in [-0.05, 0) is 59.1 Å². The summed E-state index contributed by atoms with van der Waals surface area (Å²) in [6.45, 7) is 3.15. The summed E-state index contributed by atoms with van der Waals surface area (Å²) in [6.07, 6.45) is 2.99. The fraction of sp³-hybridized carbons (Fsp3) is 0.417. The van der Waals surface area contributed by atoms with Crippen LogP contribution in [-0.2, 0) is 6.54 Å². The first-order valence-corrected chi connectivity index (χ1v) is 7.65. The highest BCUT2D eigenvalue weighted by Gasteiger charge is 2.17. The van der Waals surface area contributed by atoms with Crippen LogP contribution >= 0.6 is 33.9 Å². The summed E-state index contributed by atoms with van der Waals surface area (Å²) in [5, 5.41) is 9.98. The molecular weight excluding hydrogens is 345 g/mol. The molecule has 1 unspecified atom stereocenters. The molecule has 1 atom stereocenters. The minimum Gasteiger partial charge on any atom is -0.308 e. The number of hydrogen-bond acceptors (Lipinski definition) is 3. The van der Waals surface area contributed by atoms with Crippen LogP contribution < -0.4 is 5.32 Å². The first-order chi connectivity index (χ1) is 8.26. The van der Waals surface area contributed by atoms with E-state index in [0.29, 0.717) is 0 Å². The Balaban J connectivity index is 2.31. The fourth-order valence-corrected chi connectivity index (χ4v) is 3.34. The van der Waals surface area contributed by atoms with Gasteiger partial charge in [0.1, 0.15) is 0 Å². The van der Waals surface area contributed by atoms with Gasteiger partial charge in [-0.2, -0.15) is 5.10 Å². The molecule has 0 bridgehead atoms. The Morgan fingerprint density at radius 3 is 3.00 bits per heavy atom. The zero-order valence-corrected chi connectivity index (χ0v) is 13.0. The van der Waals surface area contributed by atoms with Crippen molar-refractivity contribution in [1.82, 2.24) is 15.1 Å². The van der Waals surface area contributed by atoms with Gasteiger partial charge in [0, 0.05) is 12.7 Å². The highest BCUT2D eigenvalue weighted by Crippen LogP contribution is 2.27. The second kappa shape index (κ2) is 5.97. The van der Waals surface area contributed by atoms with Crippen LogP contribution in [0.4, 0.5) is 0 Å². The summed E-state index contributed by atoms with van der Waals surface area (Å²) >= 11 is 4.14. The molecule has 2 aromatic heterocycles. The van der Waals surface area contributed by atoms with E-state index in [1.807, 2.05) is 13.2 Å². The number of aromatic nitrogens is 2. The molecule has 0 aliphatic heterocycles. The number of nitrogens with one attached hydrogen (secondary N) is 1. The monoisotopic (exact) mass is 361 g/mol. The summed E-state index contributed by atoms with van der Waals surface area (Å²) < 4.78 is 3.41. The molecule has 2 heterocycles. The Morgan fingerprint density at radius 2 is 2.41 bits per heavy atom. The topological polar surface area (TPSA) is 29.9 Å². The van der Waals surface area contributed by atoms with Crippen molar-refractivity contribution in [2.75, 3.05) is 7.05 Å². The van der Waals surface area contributed by atoms with Gasteiger partial charge in [-0.15, -0.1) is 11.3 Å². The smallest absolute Gasteiger partial charge is 0.0754 e. The molecule has 3 nitrogen and oxygen atoms in total. The van der Waals surface area contributed by atoms with Crippen molar-refractivity contribution in [1.29, 1.82) is 0 Å². The van der Waals surface area contributed by atoms with E-state index >= 15 is 0 Å². The van der Waals surface area contributed by atoms with E-state index in [-0.39, 0.29) is 6.04 Å². The number of hydrogen-bond donors (Lipinski definition) is 1. The number of thiophene rings is 1. The van der Waals surface area contributed by atoms with Crippen LogP contribution in [-0.4, -0.2) is 16.8 Å². The lowest BCUT2D eigenvalue weighted by Crippen LogP contribution is -2.21. The third-order valence-electron chi connectivity index (χ3n) is 2.69. The average Bonchev–Trinajstić information content (AvgIpc) is 2.91. The van der Waals surface area contributed by atoms with Crippen molar-refractivity contribution in [3.8, 4) is 0 Å². The molecule has 0 amide bonds. The van der Waals surface area contributed by atoms with E-state index < -0.39 is 0 Å². The Hall–Kier alpha value is -0.400. The van der Waals surface area contributed by atoms with Crippen LogP contribution in [0, 0.1) is 2.88 Å². The lowest BCUT2D eigenvalue weighted by molar-refractivity contribution is 0.535. The molecule has 0 fully saturated rings. The first-order valence-electron chi connectivity index (χ1n) is 5.69. The molecule has 0 spiro atoms. The Morgan fingerprint density at radius 1 is 1.59 bits per heavy atom. The Kier molecular flexibility index (Phi) is 4.58. The summed E-state index contributed by atoms with van der Waals surface area (Å²) in [7, 11) is 2.00. The molecule has 2 rings (SSSR count). The zero-order valence-electron chi connectivity index (χ0n) is 9.98. The van der Waals surface area contributed by atoms with Gasteiger partial charge in [0.15, 0.2) is 0 Å². The minimum atomic E-state index is 0.240. The molecule has 0 radical (unpaired) electrons. The third-order valence-corrected chi connectivity index (χ3v) is 4.50. The van der Waals surface area contributed by atoms with Gasteiger partial charge in [0.25, 0.3) is 0 Å². The third kappa shape index (κ3) is 2.89. The van der Waals surface area contributed by atoms with E-state index in [2.05, 4.69) is 62.1 Å². The van der Waals surface area contributed by atoms with Gasteiger partial charge in [0.05, 0.1) is 14.6 Å². The number of aryl methyl sites for hydroxylation is 1. The van der Waals surface area contributed by atoms with Crippen LogP contribution in [0.15, 0.2) is 23.7 Å². The first kappa shape index (κ1) is 13.0. The normalized spacial score (nSPS) is 12.9. The van der Waals surface area contributed by atoms with Crippen LogP contribution in [0.1, 0.15) is 30.6 Å². The molecule has 1 N–H and O–H groups in total. The predicted molar refractivity (Wildman–Crippen MR) is 80.5 cm³/mol. The molecule has 0 saturated carbocycles. The molecule has 0 aliphatic carbocycles. The molecule has 0 aromatic carbocycles. The molecule has 0 saturated heterocycles. The molecule has 17 heavy (non-hydrogen) atoms. The summed E-state index contributed by atoms with van der Waals surface area (Å²) in [4.78, 5) is 0. The van der Waals surface area contributed by atoms with E-state index in [9.17, 15) is 0 Å². The van der Waals surface area contributed by atoms with E-state index in [0.717, 1.165) is 13.0 Å². The largest absolute Gasteiger partial charge is 0.308 e. The fourth-order valence-electron chi connectivity index (χ4n) is 1.95. The number of rotatable bonds is 5. The van der Waals surface area contributed by atoms with Crippen molar-refractivity contribution >= 4 is 33.9 Å². The molecular formula is C12H16IN3S. The van der Waals surface area contributed by atoms with Crippen molar-refractivity contribution in [3.63, 3.8) is 0 Å². The van der Waals surface area contributed by atoms with Crippen LogP contribution in [0.25, 0.3) is 0 Å². The average molecular weight is 361 g/mol. The van der Waals surface area contributed by atoms with E-state index in [4.69, 9.17) is 0 Å². The molecule has 5 heteroatoms. The van der Waals surface area contributed by atoms with Crippen LogP contribution in [0.3, 0.4) is 0 Å². The zero-order chi connectivity index (χ0) is 12.3. The summed E-state index contributed by atoms with van der Waals surface area (Å²) in [5.41, 5.74) is 2.56. The lowest BCUT2D eigenvalue weighted by Gasteiger charge is -2.16. The summed E-state index contributed by atoms with van der Waals surface area (Å²) in [5.74, 6) is 0. The SMILES string of the molecule is CCCn1nccc1C(NC)c1csc(I)c1. The van der Waals surface area contributed by atoms with E-state index in [1.54, 1.807) is 11.3 Å². The van der Waals surface area contributed by atoms with Gasteiger partial charge < -0.3 is 5.32 Å². The molecule has 2 aromatic rings. The van der Waals surface area contributed by atoms with Gasteiger partial charge in [-0.3, -0.25) is 4.68 Å². The predicted octanol–water partition coefficient (Wildman–Crippen LogP) is 3.27. The molecule has 0 aliphatic rings. The highest BCUT2D eigenvalue weighted by molar-refractivity contribution is 14.1.